The van der Waals surface area contributed by atoms with E-state index in [2.05, 4.69) is 5.32 Å². The standard InChI is InChI=1S/C15H19ClN2O5S/c1-3-18(11-6-7-24(21,22)9-11)15(20)14(19)17-12-8-10(16)4-5-13(12)23-2/h4-5,8,11H,3,6-7,9H2,1-2H3,(H,17,19). The highest BCUT2D eigenvalue weighted by atomic mass is 35.5. The van der Waals surface area contributed by atoms with Crippen molar-refractivity contribution in [3.63, 3.8) is 0 Å². The lowest BCUT2D eigenvalue weighted by molar-refractivity contribution is -0.144. The van der Waals surface area contributed by atoms with Gasteiger partial charge in [-0.25, -0.2) is 8.42 Å². The average molecular weight is 375 g/mol. The Labute approximate surface area is 145 Å². The number of anilines is 1. The van der Waals surface area contributed by atoms with E-state index in [9.17, 15) is 18.0 Å². The summed E-state index contributed by atoms with van der Waals surface area (Å²) in [5.41, 5.74) is 0.276. The third-order valence-corrected chi connectivity index (χ3v) is 5.84. The molecule has 24 heavy (non-hydrogen) atoms. The molecule has 1 heterocycles. The van der Waals surface area contributed by atoms with Crippen LogP contribution in [0.1, 0.15) is 13.3 Å². The number of hydrogen-bond donors (Lipinski definition) is 1. The van der Waals surface area contributed by atoms with Crippen LogP contribution in [0.3, 0.4) is 0 Å². The summed E-state index contributed by atoms with van der Waals surface area (Å²) >= 11 is 5.89. The Morgan fingerprint density at radius 1 is 1.42 bits per heavy atom. The Morgan fingerprint density at radius 3 is 2.67 bits per heavy atom. The SMILES string of the molecule is CCN(C(=O)C(=O)Nc1cc(Cl)ccc1OC)C1CCS(=O)(=O)C1. The Bertz CT molecular complexity index is 750. The first-order valence-corrected chi connectivity index (χ1v) is 9.63. The number of carbonyl (C=O) groups is 2. The molecule has 1 aromatic carbocycles. The van der Waals surface area contributed by atoms with Crippen molar-refractivity contribution in [2.24, 2.45) is 0 Å². The summed E-state index contributed by atoms with van der Waals surface area (Å²) in [6.45, 7) is 1.95. The second kappa shape index (κ2) is 7.40. The second-order valence-corrected chi connectivity index (χ2v) is 8.11. The Hall–Kier alpha value is -1.80. The third-order valence-electron chi connectivity index (χ3n) is 3.85. The van der Waals surface area contributed by atoms with Crippen LogP contribution in [-0.2, 0) is 19.4 Å². The van der Waals surface area contributed by atoms with Gasteiger partial charge in [0.1, 0.15) is 5.75 Å². The maximum Gasteiger partial charge on any atom is 0.314 e. The van der Waals surface area contributed by atoms with Gasteiger partial charge < -0.3 is 15.0 Å². The molecule has 1 aliphatic rings. The molecular formula is C15H19ClN2O5S. The molecule has 1 N–H and O–H groups in total. The van der Waals surface area contributed by atoms with Crippen molar-refractivity contribution in [3.05, 3.63) is 23.2 Å². The van der Waals surface area contributed by atoms with Gasteiger partial charge in [-0.3, -0.25) is 9.59 Å². The van der Waals surface area contributed by atoms with Crippen molar-refractivity contribution in [3.8, 4) is 5.75 Å². The molecule has 0 aliphatic carbocycles. The summed E-state index contributed by atoms with van der Waals surface area (Å²) in [4.78, 5) is 26.0. The van der Waals surface area contributed by atoms with Gasteiger partial charge in [-0.15, -0.1) is 0 Å². The zero-order valence-electron chi connectivity index (χ0n) is 13.4. The fourth-order valence-corrected chi connectivity index (χ4v) is 4.58. The molecule has 2 rings (SSSR count). The molecule has 132 valence electrons. The number of nitrogens with zero attached hydrogens (tertiary/aromatic N) is 1. The topological polar surface area (TPSA) is 92.8 Å². The van der Waals surface area contributed by atoms with Gasteiger partial charge in [0.2, 0.25) is 0 Å². The summed E-state index contributed by atoms with van der Waals surface area (Å²) in [5, 5.41) is 2.85. The third kappa shape index (κ3) is 4.18. The van der Waals surface area contributed by atoms with Gasteiger partial charge in [-0.1, -0.05) is 11.6 Å². The molecule has 0 spiro atoms. The molecule has 1 atom stereocenters. The van der Waals surface area contributed by atoms with E-state index in [0.29, 0.717) is 17.2 Å². The molecular weight excluding hydrogens is 356 g/mol. The Morgan fingerprint density at radius 2 is 2.12 bits per heavy atom. The van der Waals surface area contributed by atoms with E-state index in [1.807, 2.05) is 0 Å². The molecule has 7 nitrogen and oxygen atoms in total. The van der Waals surface area contributed by atoms with Gasteiger partial charge in [0.15, 0.2) is 9.84 Å². The quantitative estimate of drug-likeness (QED) is 0.802. The Kier molecular flexibility index (Phi) is 5.71. The molecule has 1 unspecified atom stereocenters. The molecule has 0 saturated carbocycles. The predicted octanol–water partition coefficient (Wildman–Crippen LogP) is 1.32. The van der Waals surface area contributed by atoms with Crippen LogP contribution in [0.25, 0.3) is 0 Å². The monoisotopic (exact) mass is 374 g/mol. The zero-order chi connectivity index (χ0) is 17.9. The van der Waals surface area contributed by atoms with Crippen molar-refractivity contribution in [2.75, 3.05) is 30.5 Å². The van der Waals surface area contributed by atoms with Crippen molar-refractivity contribution < 1.29 is 22.7 Å². The number of hydrogen-bond acceptors (Lipinski definition) is 5. The van der Waals surface area contributed by atoms with E-state index in [-0.39, 0.29) is 23.7 Å². The first kappa shape index (κ1) is 18.5. The molecule has 1 aliphatic heterocycles. The minimum absolute atomic E-state index is 0.0329. The summed E-state index contributed by atoms with van der Waals surface area (Å²) in [5.74, 6) is -1.35. The lowest BCUT2D eigenvalue weighted by Crippen LogP contribution is -2.46. The molecule has 2 amide bonds. The molecule has 0 aromatic heterocycles. The lowest BCUT2D eigenvalue weighted by Gasteiger charge is -2.26. The minimum atomic E-state index is -3.15. The van der Waals surface area contributed by atoms with Crippen LogP contribution in [0.2, 0.25) is 5.02 Å². The van der Waals surface area contributed by atoms with E-state index in [1.54, 1.807) is 19.1 Å². The van der Waals surface area contributed by atoms with Crippen LogP contribution < -0.4 is 10.1 Å². The summed E-state index contributed by atoms with van der Waals surface area (Å²) in [7, 11) is -1.72. The molecule has 1 fully saturated rings. The first-order valence-electron chi connectivity index (χ1n) is 7.43. The fraction of sp³-hybridized carbons (Fsp3) is 0.467. The van der Waals surface area contributed by atoms with Gasteiger partial charge >= 0.3 is 11.8 Å². The van der Waals surface area contributed by atoms with Crippen LogP contribution in [-0.4, -0.2) is 56.3 Å². The van der Waals surface area contributed by atoms with Crippen LogP contribution in [0, 0.1) is 0 Å². The van der Waals surface area contributed by atoms with E-state index in [4.69, 9.17) is 16.3 Å². The molecule has 0 radical (unpaired) electrons. The Balaban J connectivity index is 2.14. The average Bonchev–Trinajstić information content (AvgIpc) is 2.88. The summed E-state index contributed by atoms with van der Waals surface area (Å²) in [6, 6.07) is 4.17. The fourth-order valence-electron chi connectivity index (χ4n) is 2.67. The van der Waals surface area contributed by atoms with Crippen LogP contribution in [0.15, 0.2) is 18.2 Å². The largest absolute Gasteiger partial charge is 0.495 e. The number of amides is 2. The number of nitrogens with one attached hydrogen (secondary N) is 1. The lowest BCUT2D eigenvalue weighted by atomic mass is 10.2. The molecule has 9 heteroatoms. The number of benzene rings is 1. The smallest absolute Gasteiger partial charge is 0.314 e. The number of rotatable bonds is 4. The normalized spacial score (nSPS) is 18.9. The highest BCUT2D eigenvalue weighted by Gasteiger charge is 2.36. The first-order chi connectivity index (χ1) is 11.3. The van der Waals surface area contributed by atoms with Gasteiger partial charge in [-0.05, 0) is 31.5 Å². The summed E-state index contributed by atoms with van der Waals surface area (Å²) in [6.07, 6.45) is 0.343. The highest BCUT2D eigenvalue weighted by molar-refractivity contribution is 7.91. The van der Waals surface area contributed by atoms with E-state index >= 15 is 0 Å². The number of halogens is 1. The molecule has 0 bridgehead atoms. The van der Waals surface area contributed by atoms with Gasteiger partial charge in [0.05, 0.1) is 24.3 Å². The number of methoxy groups -OCH3 is 1. The number of ether oxygens (including phenoxy) is 1. The number of likely N-dealkylation sites (N-methyl/N-ethyl adjacent to an activating group) is 1. The van der Waals surface area contributed by atoms with Gasteiger partial charge in [-0.2, -0.15) is 0 Å². The van der Waals surface area contributed by atoms with E-state index in [1.165, 1.54) is 18.1 Å². The van der Waals surface area contributed by atoms with Crippen molar-refractivity contribution in [2.45, 2.75) is 19.4 Å². The van der Waals surface area contributed by atoms with Crippen LogP contribution in [0.5, 0.6) is 5.75 Å². The van der Waals surface area contributed by atoms with Crippen LogP contribution >= 0.6 is 11.6 Å². The maximum absolute atomic E-state index is 12.4. The predicted molar refractivity (Wildman–Crippen MR) is 91.1 cm³/mol. The van der Waals surface area contributed by atoms with Crippen molar-refractivity contribution >= 4 is 38.9 Å². The maximum atomic E-state index is 12.4. The van der Waals surface area contributed by atoms with Crippen molar-refractivity contribution in [1.82, 2.24) is 4.90 Å². The highest BCUT2D eigenvalue weighted by Crippen LogP contribution is 2.28. The minimum Gasteiger partial charge on any atom is -0.495 e. The zero-order valence-corrected chi connectivity index (χ0v) is 15.0. The van der Waals surface area contributed by atoms with E-state index < -0.39 is 27.7 Å². The van der Waals surface area contributed by atoms with Crippen molar-refractivity contribution in [1.29, 1.82) is 0 Å². The molecule has 1 aromatic rings. The summed E-state index contributed by atoms with van der Waals surface area (Å²) < 4.78 is 28.3. The van der Waals surface area contributed by atoms with Gasteiger partial charge in [0.25, 0.3) is 0 Å². The van der Waals surface area contributed by atoms with Gasteiger partial charge in [0, 0.05) is 17.6 Å². The molecule has 1 saturated heterocycles. The van der Waals surface area contributed by atoms with Crippen LogP contribution in [0.4, 0.5) is 5.69 Å². The number of carbonyl (C=O) groups excluding carboxylic acids is 2. The van der Waals surface area contributed by atoms with E-state index in [0.717, 1.165) is 0 Å². The number of sulfone groups is 1. The second-order valence-electron chi connectivity index (χ2n) is 5.45.